The smallest absolute Gasteiger partial charge is 0.375 e. The molecular weight excluding hydrogens is 773 g/mol. The van der Waals surface area contributed by atoms with Gasteiger partial charge in [0.15, 0.2) is 5.75 Å². The number of benzene rings is 6. The lowest BCUT2D eigenvalue weighted by atomic mass is 10.0. The summed E-state index contributed by atoms with van der Waals surface area (Å²) in [7, 11) is -5.67. The topological polar surface area (TPSA) is 43.4 Å². The van der Waals surface area contributed by atoms with Gasteiger partial charge in [-0.2, -0.15) is 21.6 Å². The van der Waals surface area contributed by atoms with Crippen molar-refractivity contribution in [2.45, 2.75) is 5.51 Å². The molecule has 6 aromatic rings. The maximum atomic E-state index is 12.2. The normalized spacial score (nSPS) is 11.2. The van der Waals surface area contributed by atoms with Crippen molar-refractivity contribution < 1.29 is 25.8 Å². The van der Waals surface area contributed by atoms with E-state index < -0.39 is 21.4 Å². The zero-order valence-electron chi connectivity index (χ0n) is 22.1. The number of hydrogen-bond acceptors (Lipinski definition) is 3. The zero-order chi connectivity index (χ0) is 31.0. The molecule has 0 aliphatic carbocycles. The number of fused-ring (bicyclic) bond motifs is 2. The molecule has 0 radical (unpaired) electrons. The molecule has 0 bridgehead atoms. The van der Waals surface area contributed by atoms with Crippen LogP contribution in [0.2, 0.25) is 0 Å². The number of hydrogen-bond donors (Lipinski definition) is 0. The van der Waals surface area contributed by atoms with Crippen LogP contribution in [0.15, 0.2) is 147 Å². The second-order valence-electron chi connectivity index (χ2n) is 8.89. The molecule has 0 saturated carbocycles. The standard InChI is InChI=1S/C16H11Br.C11H6BrF3O3S.C6H5Br/c17-16-14-9-5-4-8-13(14)10-11-15(16)12-6-2-1-3-7-12;12-10-8-4-2-1-3-7(8)5-6-9(10)18-19(16,17)11(13,14)15;7-6-4-2-1-3-5-6/h1-11H;1-6H;1-5H. The van der Waals surface area contributed by atoms with Crippen molar-refractivity contribution in [3.63, 3.8) is 0 Å². The highest BCUT2D eigenvalue weighted by Crippen LogP contribution is 2.36. The van der Waals surface area contributed by atoms with Gasteiger partial charge >= 0.3 is 15.6 Å². The number of halogens is 6. The molecule has 6 aromatic carbocycles. The lowest BCUT2D eigenvalue weighted by Gasteiger charge is -2.11. The lowest BCUT2D eigenvalue weighted by Crippen LogP contribution is -2.28. The van der Waals surface area contributed by atoms with Crippen molar-refractivity contribution >= 4 is 79.5 Å². The van der Waals surface area contributed by atoms with Gasteiger partial charge in [0.1, 0.15) is 0 Å². The van der Waals surface area contributed by atoms with Gasteiger partial charge in [0.2, 0.25) is 0 Å². The highest BCUT2D eigenvalue weighted by molar-refractivity contribution is 9.11. The van der Waals surface area contributed by atoms with Crippen LogP contribution in [0.4, 0.5) is 13.2 Å². The van der Waals surface area contributed by atoms with E-state index in [1.165, 1.54) is 32.4 Å². The fourth-order valence-electron chi connectivity index (χ4n) is 3.93. The van der Waals surface area contributed by atoms with Crippen LogP contribution in [0.3, 0.4) is 0 Å². The first-order valence-corrected chi connectivity index (χ1v) is 16.4. The minimum absolute atomic E-state index is 0.151. The Bertz CT molecular complexity index is 1930. The quantitative estimate of drug-likeness (QED) is 0.132. The Morgan fingerprint density at radius 2 is 1.00 bits per heavy atom. The van der Waals surface area contributed by atoms with E-state index in [0.717, 1.165) is 15.9 Å². The highest BCUT2D eigenvalue weighted by atomic mass is 79.9. The van der Waals surface area contributed by atoms with Crippen LogP contribution >= 0.6 is 47.8 Å². The highest BCUT2D eigenvalue weighted by Gasteiger charge is 2.48. The van der Waals surface area contributed by atoms with E-state index >= 15 is 0 Å². The summed E-state index contributed by atoms with van der Waals surface area (Å²) >= 11 is 10.1. The predicted molar refractivity (Wildman–Crippen MR) is 178 cm³/mol. The summed E-state index contributed by atoms with van der Waals surface area (Å²) in [5, 5.41) is 3.82. The SMILES string of the molecule is Brc1c(-c2ccccc2)ccc2ccccc12.Brc1ccccc1.O=S(=O)(Oc1ccc2ccccc2c1Br)C(F)(F)F. The van der Waals surface area contributed by atoms with Crippen LogP contribution in [-0.2, 0) is 10.1 Å². The van der Waals surface area contributed by atoms with Crippen LogP contribution in [-0.4, -0.2) is 13.9 Å². The van der Waals surface area contributed by atoms with Crippen LogP contribution < -0.4 is 4.18 Å². The summed E-state index contributed by atoms with van der Waals surface area (Å²) in [6.07, 6.45) is 0. The maximum absolute atomic E-state index is 12.2. The largest absolute Gasteiger partial charge is 0.534 e. The van der Waals surface area contributed by atoms with Crippen molar-refractivity contribution in [2.75, 3.05) is 0 Å². The van der Waals surface area contributed by atoms with E-state index in [1.54, 1.807) is 24.3 Å². The van der Waals surface area contributed by atoms with E-state index in [0.29, 0.717) is 5.39 Å². The molecule has 0 unspecified atom stereocenters. The molecular formula is C33H22Br3F3O3S. The summed E-state index contributed by atoms with van der Waals surface area (Å²) < 4.78 is 65.2. The lowest BCUT2D eigenvalue weighted by molar-refractivity contribution is -0.0500. The van der Waals surface area contributed by atoms with Crippen molar-refractivity contribution in [1.29, 1.82) is 0 Å². The predicted octanol–water partition coefficient (Wildman–Crippen LogP) is 11.5. The summed E-state index contributed by atoms with van der Waals surface area (Å²) in [4.78, 5) is 0. The summed E-state index contributed by atoms with van der Waals surface area (Å²) in [6.45, 7) is 0. The molecule has 0 saturated heterocycles. The average Bonchev–Trinajstić information content (AvgIpc) is 3.00. The first-order chi connectivity index (χ1) is 20.5. The van der Waals surface area contributed by atoms with Crippen molar-refractivity contribution in [1.82, 2.24) is 0 Å². The van der Waals surface area contributed by atoms with E-state index in [1.807, 2.05) is 36.4 Å². The Balaban J connectivity index is 0.000000162. The van der Waals surface area contributed by atoms with Gasteiger partial charge in [-0.15, -0.1) is 0 Å². The first-order valence-electron chi connectivity index (χ1n) is 12.6. The molecule has 0 aliphatic rings. The summed E-state index contributed by atoms with van der Waals surface area (Å²) in [6, 6.07) is 42.6. The minimum atomic E-state index is -5.67. The molecule has 6 rings (SSSR count). The number of rotatable bonds is 3. The van der Waals surface area contributed by atoms with Crippen LogP contribution in [0.1, 0.15) is 0 Å². The van der Waals surface area contributed by atoms with E-state index in [-0.39, 0.29) is 4.47 Å². The Morgan fingerprint density at radius 3 is 1.51 bits per heavy atom. The Kier molecular flexibility index (Phi) is 11.1. The molecule has 0 amide bonds. The molecule has 0 heterocycles. The average molecular weight is 795 g/mol. The van der Waals surface area contributed by atoms with Gasteiger partial charge in [-0.25, -0.2) is 0 Å². The van der Waals surface area contributed by atoms with E-state index in [9.17, 15) is 21.6 Å². The molecule has 0 N–H and O–H groups in total. The van der Waals surface area contributed by atoms with E-state index in [2.05, 4.69) is 113 Å². The Labute approximate surface area is 272 Å². The van der Waals surface area contributed by atoms with Gasteiger partial charge in [0.05, 0.1) is 4.47 Å². The van der Waals surface area contributed by atoms with Gasteiger partial charge < -0.3 is 4.18 Å². The van der Waals surface area contributed by atoms with Crippen molar-refractivity contribution in [3.05, 3.63) is 147 Å². The van der Waals surface area contributed by atoms with Gasteiger partial charge in [-0.3, -0.25) is 0 Å². The molecule has 10 heteroatoms. The van der Waals surface area contributed by atoms with Crippen LogP contribution in [0, 0.1) is 0 Å². The fraction of sp³-hybridized carbons (Fsp3) is 0.0303. The van der Waals surface area contributed by atoms with Gasteiger partial charge in [-0.1, -0.05) is 131 Å². The maximum Gasteiger partial charge on any atom is 0.534 e. The minimum Gasteiger partial charge on any atom is -0.375 e. The third-order valence-corrected chi connectivity index (χ3v) is 9.16. The Morgan fingerprint density at radius 1 is 0.535 bits per heavy atom. The molecule has 220 valence electrons. The second-order valence-corrected chi connectivity index (χ2v) is 12.9. The molecule has 43 heavy (non-hydrogen) atoms. The monoisotopic (exact) mass is 792 g/mol. The molecule has 0 fully saturated rings. The summed E-state index contributed by atoms with van der Waals surface area (Å²) in [5.41, 5.74) is -2.98. The third kappa shape index (κ3) is 8.47. The third-order valence-electron chi connectivity index (χ3n) is 5.99. The van der Waals surface area contributed by atoms with Gasteiger partial charge in [0, 0.05) is 8.95 Å². The van der Waals surface area contributed by atoms with Crippen molar-refractivity contribution in [3.8, 4) is 16.9 Å². The molecule has 0 atom stereocenters. The molecule has 3 nitrogen and oxygen atoms in total. The molecule has 0 aromatic heterocycles. The van der Waals surface area contributed by atoms with Crippen LogP contribution in [0.25, 0.3) is 32.7 Å². The first kappa shape index (κ1) is 32.7. The van der Waals surface area contributed by atoms with Crippen molar-refractivity contribution in [2.24, 2.45) is 0 Å². The number of alkyl halides is 3. The second kappa shape index (κ2) is 14.5. The zero-order valence-corrected chi connectivity index (χ0v) is 27.7. The Hall–Kier alpha value is -3.18. The van der Waals surface area contributed by atoms with E-state index in [4.69, 9.17) is 0 Å². The van der Waals surface area contributed by atoms with Crippen LogP contribution in [0.5, 0.6) is 5.75 Å². The van der Waals surface area contributed by atoms with Gasteiger partial charge in [0.25, 0.3) is 0 Å². The fourth-order valence-corrected chi connectivity index (χ4v) is 6.11. The summed E-state index contributed by atoms with van der Waals surface area (Å²) in [5.74, 6) is -0.406. The molecule has 0 aliphatic heterocycles. The van der Waals surface area contributed by atoms with Gasteiger partial charge in [-0.05, 0) is 82.7 Å². The molecule has 0 spiro atoms.